The van der Waals surface area contributed by atoms with Crippen molar-refractivity contribution < 1.29 is 19.1 Å². The molecule has 2 aromatic rings. The van der Waals surface area contributed by atoms with Crippen LogP contribution in [0.3, 0.4) is 0 Å². The van der Waals surface area contributed by atoms with E-state index in [0.29, 0.717) is 16.5 Å². The minimum absolute atomic E-state index is 0.110. The molecule has 0 saturated carbocycles. The van der Waals surface area contributed by atoms with Crippen LogP contribution >= 0.6 is 11.6 Å². The molecule has 1 atom stereocenters. The summed E-state index contributed by atoms with van der Waals surface area (Å²) < 4.78 is 10.4. The Balaban J connectivity index is 1.97. The number of carbonyl (C=O) groups excluding carboxylic acids is 2. The zero-order chi connectivity index (χ0) is 19.3. The molecule has 0 unspecified atom stereocenters. The summed E-state index contributed by atoms with van der Waals surface area (Å²) in [4.78, 5) is 24.4. The summed E-state index contributed by atoms with van der Waals surface area (Å²) in [5.41, 5.74) is 3.53. The molecule has 0 spiro atoms. The van der Waals surface area contributed by atoms with E-state index in [-0.39, 0.29) is 6.42 Å². The highest BCUT2D eigenvalue weighted by atomic mass is 35.5. The van der Waals surface area contributed by atoms with Crippen LogP contribution in [0.2, 0.25) is 5.02 Å². The maximum atomic E-state index is 12.3. The third kappa shape index (κ3) is 5.23. The van der Waals surface area contributed by atoms with Gasteiger partial charge in [0, 0.05) is 5.02 Å². The van der Waals surface area contributed by atoms with E-state index in [9.17, 15) is 9.59 Å². The predicted molar refractivity (Wildman–Crippen MR) is 102 cm³/mol. The number of benzene rings is 2. The van der Waals surface area contributed by atoms with E-state index < -0.39 is 18.0 Å². The summed E-state index contributed by atoms with van der Waals surface area (Å²) >= 11 is 5.94. The fourth-order valence-corrected chi connectivity index (χ4v) is 2.56. The van der Waals surface area contributed by atoms with Gasteiger partial charge < -0.3 is 14.8 Å². The predicted octanol–water partition coefficient (Wildman–Crippen LogP) is 4.08. The van der Waals surface area contributed by atoms with E-state index in [1.54, 1.807) is 18.2 Å². The molecule has 0 aliphatic carbocycles. The van der Waals surface area contributed by atoms with Crippen LogP contribution in [0.1, 0.15) is 23.6 Å². The zero-order valence-electron chi connectivity index (χ0n) is 15.3. The van der Waals surface area contributed by atoms with E-state index in [4.69, 9.17) is 21.1 Å². The van der Waals surface area contributed by atoms with E-state index >= 15 is 0 Å². The number of rotatable bonds is 6. The van der Waals surface area contributed by atoms with Gasteiger partial charge in [0.2, 0.25) is 0 Å². The van der Waals surface area contributed by atoms with E-state index in [2.05, 4.69) is 5.32 Å². The highest BCUT2D eigenvalue weighted by molar-refractivity contribution is 6.31. The average molecular weight is 376 g/mol. The number of ether oxygens (including phenoxy) is 2. The summed E-state index contributed by atoms with van der Waals surface area (Å²) in [6.07, 6.45) is -0.836. The SMILES string of the molecule is COc1ccc(Cl)cc1NC(=O)[C@H](C)OC(=O)Cc1ccc(C)c(C)c1. The molecule has 2 rings (SSSR count). The monoisotopic (exact) mass is 375 g/mol. The fraction of sp³-hybridized carbons (Fsp3) is 0.300. The van der Waals surface area contributed by atoms with Crippen LogP contribution in [0.25, 0.3) is 0 Å². The van der Waals surface area contributed by atoms with Crippen LogP contribution in [-0.4, -0.2) is 25.1 Å². The molecule has 5 nitrogen and oxygen atoms in total. The largest absolute Gasteiger partial charge is 0.495 e. The molecule has 2 aromatic carbocycles. The normalized spacial score (nSPS) is 11.6. The van der Waals surface area contributed by atoms with Gasteiger partial charge in [-0.25, -0.2) is 0 Å². The average Bonchev–Trinajstić information content (AvgIpc) is 2.58. The van der Waals surface area contributed by atoms with E-state index in [1.165, 1.54) is 14.0 Å². The van der Waals surface area contributed by atoms with Gasteiger partial charge in [0.15, 0.2) is 6.10 Å². The summed E-state index contributed by atoms with van der Waals surface area (Å²) in [5.74, 6) is -0.454. The summed E-state index contributed by atoms with van der Waals surface area (Å²) in [7, 11) is 1.49. The van der Waals surface area contributed by atoms with Crippen molar-refractivity contribution in [2.75, 3.05) is 12.4 Å². The number of esters is 1. The molecular weight excluding hydrogens is 354 g/mol. The number of aryl methyl sites for hydroxylation is 2. The van der Waals surface area contributed by atoms with Crippen molar-refractivity contribution >= 4 is 29.2 Å². The van der Waals surface area contributed by atoms with Gasteiger partial charge in [-0.1, -0.05) is 29.8 Å². The van der Waals surface area contributed by atoms with Gasteiger partial charge >= 0.3 is 5.97 Å². The third-order valence-corrected chi connectivity index (χ3v) is 4.25. The smallest absolute Gasteiger partial charge is 0.311 e. The number of methoxy groups -OCH3 is 1. The van der Waals surface area contributed by atoms with Crippen LogP contribution in [0.4, 0.5) is 5.69 Å². The Hall–Kier alpha value is -2.53. The Morgan fingerprint density at radius 3 is 2.50 bits per heavy atom. The standard InChI is InChI=1S/C20H22ClNO4/c1-12-5-6-15(9-13(12)2)10-19(23)26-14(3)20(24)22-17-11-16(21)7-8-18(17)25-4/h5-9,11,14H,10H2,1-4H3,(H,22,24)/t14-/m0/s1. The van der Waals surface area contributed by atoms with Crippen molar-refractivity contribution in [2.45, 2.75) is 33.3 Å². The molecular formula is C20H22ClNO4. The van der Waals surface area contributed by atoms with Crippen LogP contribution in [0, 0.1) is 13.8 Å². The first-order valence-electron chi connectivity index (χ1n) is 8.20. The van der Waals surface area contributed by atoms with Gasteiger partial charge in [0.25, 0.3) is 5.91 Å². The van der Waals surface area contributed by atoms with Crippen LogP contribution in [0.5, 0.6) is 5.75 Å². The number of anilines is 1. The molecule has 26 heavy (non-hydrogen) atoms. The number of hydrogen-bond donors (Lipinski definition) is 1. The van der Waals surface area contributed by atoms with Gasteiger partial charge in [0.05, 0.1) is 19.2 Å². The lowest BCUT2D eigenvalue weighted by atomic mass is 10.0. The topological polar surface area (TPSA) is 64.6 Å². The molecule has 138 valence electrons. The Morgan fingerprint density at radius 2 is 1.85 bits per heavy atom. The molecule has 1 N–H and O–H groups in total. The molecule has 0 aromatic heterocycles. The minimum atomic E-state index is -0.947. The molecule has 0 aliphatic rings. The number of carbonyl (C=O) groups is 2. The first-order chi connectivity index (χ1) is 12.3. The van der Waals surface area contributed by atoms with Crippen LogP contribution in [-0.2, 0) is 20.7 Å². The first kappa shape index (κ1) is 19.8. The molecule has 0 radical (unpaired) electrons. The Labute approximate surface area is 158 Å². The Bertz CT molecular complexity index is 819. The molecule has 1 amide bonds. The van der Waals surface area contributed by atoms with Crippen molar-refractivity contribution in [1.29, 1.82) is 0 Å². The van der Waals surface area contributed by atoms with Crippen LogP contribution < -0.4 is 10.1 Å². The number of nitrogens with one attached hydrogen (secondary N) is 1. The zero-order valence-corrected chi connectivity index (χ0v) is 16.0. The Morgan fingerprint density at radius 1 is 1.12 bits per heavy atom. The quantitative estimate of drug-likeness (QED) is 0.773. The second kappa shape index (κ2) is 8.72. The highest BCUT2D eigenvalue weighted by Gasteiger charge is 2.19. The minimum Gasteiger partial charge on any atom is -0.495 e. The summed E-state index contributed by atoms with van der Waals surface area (Å²) in [6.45, 7) is 5.51. The molecule has 0 aliphatic heterocycles. The van der Waals surface area contributed by atoms with Crippen molar-refractivity contribution in [3.05, 3.63) is 58.1 Å². The van der Waals surface area contributed by atoms with Crippen molar-refractivity contribution in [3.8, 4) is 5.75 Å². The summed E-state index contributed by atoms with van der Waals surface area (Å²) in [6, 6.07) is 10.7. The van der Waals surface area contributed by atoms with Gasteiger partial charge in [-0.3, -0.25) is 9.59 Å². The Kier molecular flexibility index (Phi) is 6.64. The van der Waals surface area contributed by atoms with E-state index in [1.807, 2.05) is 32.0 Å². The van der Waals surface area contributed by atoms with Crippen LogP contribution in [0.15, 0.2) is 36.4 Å². The molecule has 6 heteroatoms. The maximum Gasteiger partial charge on any atom is 0.311 e. The van der Waals surface area contributed by atoms with Crippen molar-refractivity contribution in [1.82, 2.24) is 0 Å². The highest BCUT2D eigenvalue weighted by Crippen LogP contribution is 2.27. The summed E-state index contributed by atoms with van der Waals surface area (Å²) in [5, 5.41) is 3.12. The molecule has 0 heterocycles. The van der Waals surface area contributed by atoms with Gasteiger partial charge in [-0.2, -0.15) is 0 Å². The number of halogens is 1. The lowest BCUT2D eigenvalue weighted by Crippen LogP contribution is -2.30. The molecule has 0 saturated heterocycles. The fourth-order valence-electron chi connectivity index (χ4n) is 2.38. The van der Waals surface area contributed by atoms with Crippen molar-refractivity contribution in [3.63, 3.8) is 0 Å². The second-order valence-electron chi connectivity index (χ2n) is 6.06. The number of amides is 1. The van der Waals surface area contributed by atoms with Gasteiger partial charge in [0.1, 0.15) is 5.75 Å². The maximum absolute atomic E-state index is 12.3. The van der Waals surface area contributed by atoms with E-state index in [0.717, 1.165) is 16.7 Å². The third-order valence-electron chi connectivity index (χ3n) is 4.02. The number of hydrogen-bond acceptors (Lipinski definition) is 4. The molecule has 0 fully saturated rings. The van der Waals surface area contributed by atoms with Gasteiger partial charge in [-0.05, 0) is 55.7 Å². The lowest BCUT2D eigenvalue weighted by molar-refractivity contribution is -0.152. The second-order valence-corrected chi connectivity index (χ2v) is 6.50. The first-order valence-corrected chi connectivity index (χ1v) is 8.58. The van der Waals surface area contributed by atoms with Gasteiger partial charge in [-0.15, -0.1) is 0 Å². The van der Waals surface area contributed by atoms with Crippen molar-refractivity contribution in [2.24, 2.45) is 0 Å². The lowest BCUT2D eigenvalue weighted by Gasteiger charge is -2.15. The molecule has 0 bridgehead atoms.